The minimum Gasteiger partial charge on any atom is -0.484 e. The number of carbonyl (C=O) groups is 2. The average molecular weight is 513 g/mol. The van der Waals surface area contributed by atoms with Crippen molar-refractivity contribution in [1.29, 1.82) is 0 Å². The molecule has 2 amide bonds. The number of ether oxygens (including phenoxy) is 2. The Morgan fingerprint density at radius 2 is 1.74 bits per heavy atom. The zero-order valence-corrected chi connectivity index (χ0v) is 19.2. The van der Waals surface area contributed by atoms with E-state index < -0.39 is 40.8 Å². The lowest BCUT2D eigenvalue weighted by Crippen LogP contribution is -2.84. The van der Waals surface area contributed by atoms with E-state index in [0.29, 0.717) is 24.8 Å². The maximum atomic E-state index is 13.8. The van der Waals surface area contributed by atoms with Crippen LogP contribution in [0, 0.1) is 11.6 Å². The Morgan fingerprint density at radius 1 is 1.06 bits per heavy atom. The van der Waals surface area contributed by atoms with Gasteiger partial charge < -0.3 is 25.2 Å². The molecule has 3 N–H and O–H groups in total. The number of rotatable bonds is 6. The number of amides is 2. The standard InChI is InChI=1S/C23H20Cl2F2N2O5/c24-13-2-1-11(3-15(13)26)33-7-20(31)28-22-8-23(9-22,10-22)29-21(32)19-6-17(30)12-4-14(25)16(27)5-18(12)34-19/h1-5,17,19,30H,6-10H2,(H,28,31)(H,29,32)/t17-,19-,22?,23?/m1/s1. The van der Waals surface area contributed by atoms with Gasteiger partial charge >= 0.3 is 0 Å². The van der Waals surface area contributed by atoms with Crippen molar-refractivity contribution in [3.63, 3.8) is 0 Å². The molecule has 34 heavy (non-hydrogen) atoms. The lowest BCUT2D eigenvalue weighted by molar-refractivity contribution is -0.155. The molecule has 180 valence electrons. The smallest absolute Gasteiger partial charge is 0.261 e. The summed E-state index contributed by atoms with van der Waals surface area (Å²) in [5, 5.41) is 16.0. The lowest BCUT2D eigenvalue weighted by Gasteiger charge is -2.70. The summed E-state index contributed by atoms with van der Waals surface area (Å²) in [7, 11) is 0. The van der Waals surface area contributed by atoms with Gasteiger partial charge in [0.25, 0.3) is 11.8 Å². The van der Waals surface area contributed by atoms with E-state index in [1.54, 1.807) is 0 Å². The van der Waals surface area contributed by atoms with Gasteiger partial charge in [0, 0.05) is 35.2 Å². The van der Waals surface area contributed by atoms with Crippen LogP contribution in [0.5, 0.6) is 11.5 Å². The monoisotopic (exact) mass is 512 g/mol. The van der Waals surface area contributed by atoms with Crippen molar-refractivity contribution in [2.75, 3.05) is 6.61 Å². The van der Waals surface area contributed by atoms with Crippen LogP contribution in [0.15, 0.2) is 30.3 Å². The third-order valence-corrected chi connectivity index (χ3v) is 7.09. The van der Waals surface area contributed by atoms with Crippen molar-refractivity contribution in [2.45, 2.75) is 49.0 Å². The number of nitrogens with one attached hydrogen (secondary N) is 2. The van der Waals surface area contributed by atoms with Gasteiger partial charge in [0.05, 0.1) is 16.1 Å². The minimum absolute atomic E-state index is 0.0153. The fourth-order valence-electron chi connectivity index (χ4n) is 5.04. The molecule has 2 aromatic rings. The second-order valence-corrected chi connectivity index (χ2v) is 9.97. The summed E-state index contributed by atoms with van der Waals surface area (Å²) in [6, 6.07) is 6.28. The van der Waals surface area contributed by atoms with Crippen LogP contribution in [-0.4, -0.2) is 40.7 Å². The first-order valence-electron chi connectivity index (χ1n) is 10.6. The van der Waals surface area contributed by atoms with E-state index in [4.69, 9.17) is 32.7 Å². The summed E-state index contributed by atoms with van der Waals surface area (Å²) in [5.74, 6) is -1.82. The maximum Gasteiger partial charge on any atom is 0.261 e. The molecule has 0 aromatic heterocycles. The Kier molecular flexibility index (Phi) is 5.61. The highest BCUT2D eigenvalue weighted by Crippen LogP contribution is 2.60. The van der Waals surface area contributed by atoms with Crippen molar-refractivity contribution in [3.05, 3.63) is 57.6 Å². The number of hydrogen-bond acceptors (Lipinski definition) is 5. The van der Waals surface area contributed by atoms with Gasteiger partial charge in [0.2, 0.25) is 0 Å². The molecule has 7 nitrogen and oxygen atoms in total. The maximum absolute atomic E-state index is 13.8. The molecule has 1 heterocycles. The van der Waals surface area contributed by atoms with Gasteiger partial charge in [0.1, 0.15) is 23.1 Å². The van der Waals surface area contributed by atoms with E-state index in [0.717, 1.165) is 12.1 Å². The Hall–Kier alpha value is -2.62. The summed E-state index contributed by atoms with van der Waals surface area (Å²) in [6.07, 6.45) is -0.335. The van der Waals surface area contributed by atoms with Crippen molar-refractivity contribution < 1.29 is 33.0 Å². The number of halogens is 4. The third kappa shape index (κ3) is 4.16. The number of aliphatic hydroxyl groups is 1. The molecule has 3 saturated carbocycles. The Bertz CT molecular complexity index is 1170. The fraction of sp³-hybridized carbons (Fsp3) is 0.391. The van der Waals surface area contributed by atoms with Crippen molar-refractivity contribution in [1.82, 2.24) is 10.6 Å². The predicted octanol–water partition coefficient (Wildman–Crippen LogP) is 3.44. The fourth-order valence-corrected chi connectivity index (χ4v) is 5.33. The Balaban J connectivity index is 1.11. The molecule has 2 bridgehead atoms. The van der Waals surface area contributed by atoms with Gasteiger partial charge in [-0.15, -0.1) is 0 Å². The number of aliphatic hydroxyl groups excluding tert-OH is 1. The van der Waals surface area contributed by atoms with Crippen LogP contribution in [-0.2, 0) is 9.59 Å². The van der Waals surface area contributed by atoms with Gasteiger partial charge in [-0.05, 0) is 37.5 Å². The Labute approximate surface area is 203 Å². The molecule has 6 rings (SSSR count). The first-order valence-corrected chi connectivity index (χ1v) is 11.4. The number of benzene rings is 2. The van der Waals surface area contributed by atoms with Gasteiger partial charge in [-0.1, -0.05) is 23.2 Å². The minimum atomic E-state index is -1.01. The van der Waals surface area contributed by atoms with E-state index in [2.05, 4.69) is 10.6 Å². The first kappa shape index (κ1) is 23.1. The summed E-state index contributed by atoms with van der Waals surface area (Å²) < 4.78 is 38.2. The Morgan fingerprint density at radius 3 is 2.44 bits per heavy atom. The molecule has 0 spiro atoms. The zero-order chi connectivity index (χ0) is 24.3. The van der Waals surface area contributed by atoms with Gasteiger partial charge in [-0.25, -0.2) is 8.78 Å². The van der Waals surface area contributed by atoms with Gasteiger partial charge in [-0.3, -0.25) is 9.59 Å². The van der Waals surface area contributed by atoms with E-state index in [1.165, 1.54) is 18.2 Å². The second-order valence-electron chi connectivity index (χ2n) is 9.16. The molecule has 0 radical (unpaired) electrons. The third-order valence-electron chi connectivity index (χ3n) is 6.49. The molecule has 0 unspecified atom stereocenters. The normalized spacial score (nSPS) is 28.5. The van der Waals surface area contributed by atoms with Crippen LogP contribution in [0.4, 0.5) is 8.78 Å². The van der Waals surface area contributed by atoms with Crippen LogP contribution in [0.3, 0.4) is 0 Å². The summed E-state index contributed by atoms with van der Waals surface area (Å²) in [5.41, 5.74) is -0.533. The van der Waals surface area contributed by atoms with E-state index in [-0.39, 0.29) is 40.5 Å². The molecule has 11 heteroatoms. The second kappa shape index (κ2) is 8.25. The van der Waals surface area contributed by atoms with Gasteiger partial charge in [0.15, 0.2) is 12.7 Å². The molecular formula is C23H20Cl2F2N2O5. The lowest BCUT2D eigenvalue weighted by atomic mass is 9.44. The molecular weight excluding hydrogens is 493 g/mol. The van der Waals surface area contributed by atoms with Crippen LogP contribution >= 0.6 is 23.2 Å². The summed E-state index contributed by atoms with van der Waals surface area (Å²) >= 11 is 11.4. The van der Waals surface area contributed by atoms with Crippen molar-refractivity contribution >= 4 is 35.0 Å². The highest BCUT2D eigenvalue weighted by Gasteiger charge is 2.69. The van der Waals surface area contributed by atoms with E-state index in [9.17, 15) is 23.5 Å². The van der Waals surface area contributed by atoms with Gasteiger partial charge in [-0.2, -0.15) is 0 Å². The largest absolute Gasteiger partial charge is 0.484 e. The highest BCUT2D eigenvalue weighted by molar-refractivity contribution is 6.31. The van der Waals surface area contributed by atoms with Crippen LogP contribution in [0.2, 0.25) is 10.0 Å². The first-order chi connectivity index (χ1) is 16.1. The highest BCUT2D eigenvalue weighted by atomic mass is 35.5. The molecule has 1 aliphatic heterocycles. The summed E-state index contributed by atoms with van der Waals surface area (Å²) in [6.45, 7) is -0.282. The summed E-state index contributed by atoms with van der Waals surface area (Å²) in [4.78, 5) is 25.0. The predicted molar refractivity (Wildman–Crippen MR) is 118 cm³/mol. The number of fused-ring (bicyclic) bond motifs is 1. The SMILES string of the molecule is O=C(COc1ccc(Cl)c(F)c1)NC12CC(NC(=O)[C@H]3C[C@@H](O)c4cc(Cl)c(F)cc4O3)(C1)C2. The quantitative estimate of drug-likeness (QED) is 0.550. The molecule has 2 atom stereocenters. The van der Waals surface area contributed by atoms with Crippen molar-refractivity contribution in [2.24, 2.45) is 0 Å². The van der Waals surface area contributed by atoms with E-state index >= 15 is 0 Å². The van der Waals surface area contributed by atoms with Crippen molar-refractivity contribution in [3.8, 4) is 11.5 Å². The number of hydrogen-bond donors (Lipinski definition) is 3. The molecule has 2 aromatic carbocycles. The van der Waals surface area contributed by atoms with E-state index in [1.807, 2.05) is 0 Å². The molecule has 0 saturated heterocycles. The molecule has 3 aliphatic carbocycles. The topological polar surface area (TPSA) is 96.9 Å². The zero-order valence-electron chi connectivity index (χ0n) is 17.7. The van der Waals surface area contributed by atoms with Crippen LogP contribution < -0.4 is 20.1 Å². The average Bonchev–Trinajstić information content (AvgIpc) is 2.73. The molecule has 3 fully saturated rings. The van der Waals surface area contributed by atoms with Crippen LogP contribution in [0.1, 0.15) is 37.4 Å². The molecule has 4 aliphatic rings. The number of carbonyl (C=O) groups excluding carboxylic acids is 2. The van der Waals surface area contributed by atoms with Crippen LogP contribution in [0.25, 0.3) is 0 Å².